The highest BCUT2D eigenvalue weighted by molar-refractivity contribution is 6.03. The Morgan fingerprint density at radius 2 is 1.76 bits per heavy atom. The van der Waals surface area contributed by atoms with Gasteiger partial charge in [-0.2, -0.15) is 5.10 Å². The van der Waals surface area contributed by atoms with Gasteiger partial charge in [-0.15, -0.1) is 0 Å². The minimum absolute atomic E-state index is 0.0480. The van der Waals surface area contributed by atoms with Crippen LogP contribution >= 0.6 is 0 Å². The number of methoxy groups -OCH3 is 2. The number of ether oxygens (including phenoxy) is 3. The fourth-order valence-corrected chi connectivity index (χ4v) is 5.67. The van der Waals surface area contributed by atoms with Crippen molar-refractivity contribution in [1.82, 2.24) is 14.8 Å². The number of aromatic nitrogens is 3. The molecule has 2 aromatic heterocycles. The van der Waals surface area contributed by atoms with Gasteiger partial charge in [0.2, 0.25) is 0 Å². The molecule has 6 rings (SSSR count). The second-order valence-corrected chi connectivity index (χ2v) is 9.90. The summed E-state index contributed by atoms with van der Waals surface area (Å²) in [7, 11) is 3.15. The first-order valence-electron chi connectivity index (χ1n) is 12.6. The van der Waals surface area contributed by atoms with E-state index < -0.39 is 5.60 Å². The quantitative estimate of drug-likeness (QED) is 0.389. The average Bonchev–Trinajstić information content (AvgIpc) is 3.25. The fraction of sp³-hybridized carbons (Fsp3) is 0.345. The van der Waals surface area contributed by atoms with Crippen molar-refractivity contribution < 1.29 is 19.0 Å². The Balaban J connectivity index is 1.29. The number of rotatable bonds is 4. The maximum absolute atomic E-state index is 13.2. The molecule has 0 atom stereocenters. The Bertz CT molecular complexity index is 1500. The van der Waals surface area contributed by atoms with Crippen molar-refractivity contribution >= 4 is 22.6 Å². The number of hydrogen-bond acceptors (Lipinski definition) is 7. The minimum Gasteiger partial charge on any atom is -0.496 e. The van der Waals surface area contributed by atoms with Crippen LogP contribution in [0.15, 0.2) is 48.5 Å². The number of carbonyl (C=O) groups is 1. The normalized spacial score (nSPS) is 16.5. The standard InChI is InChI=1S/C29H30N4O4/c1-18-14-25(30-28-26(18)19(2)31-33(28)20-8-6-5-7-9-20)32-12-10-29(11-13-32)17-22(34)27-23(36-4)15-21(35-3)16-24(27)37-29/h5-9,14-16H,10-13,17H2,1-4H3. The van der Waals surface area contributed by atoms with Crippen LogP contribution < -0.4 is 19.1 Å². The summed E-state index contributed by atoms with van der Waals surface area (Å²) in [6.45, 7) is 5.61. The van der Waals surface area contributed by atoms with Gasteiger partial charge in [0.1, 0.15) is 34.2 Å². The van der Waals surface area contributed by atoms with Crippen molar-refractivity contribution in [2.24, 2.45) is 0 Å². The maximum atomic E-state index is 13.2. The number of para-hydroxylation sites is 1. The molecule has 2 aliphatic rings. The van der Waals surface area contributed by atoms with Crippen LogP contribution in [-0.4, -0.2) is 53.5 Å². The van der Waals surface area contributed by atoms with E-state index in [4.69, 9.17) is 24.3 Å². The molecule has 1 fully saturated rings. The van der Waals surface area contributed by atoms with E-state index in [0.29, 0.717) is 42.1 Å². The van der Waals surface area contributed by atoms with Crippen molar-refractivity contribution in [2.75, 3.05) is 32.2 Å². The summed E-state index contributed by atoms with van der Waals surface area (Å²) < 4.78 is 19.3. The number of benzene rings is 2. The van der Waals surface area contributed by atoms with Crippen LogP contribution in [0.5, 0.6) is 17.2 Å². The molecule has 0 saturated carbocycles. The first-order chi connectivity index (χ1) is 17.9. The maximum Gasteiger partial charge on any atom is 0.174 e. The monoisotopic (exact) mass is 498 g/mol. The minimum atomic E-state index is -0.542. The summed E-state index contributed by atoms with van der Waals surface area (Å²) in [4.78, 5) is 20.6. The van der Waals surface area contributed by atoms with Gasteiger partial charge in [-0.25, -0.2) is 9.67 Å². The van der Waals surface area contributed by atoms with E-state index in [0.717, 1.165) is 46.9 Å². The number of ketones is 1. The van der Waals surface area contributed by atoms with Crippen LogP contribution in [0.4, 0.5) is 5.82 Å². The average molecular weight is 499 g/mol. The van der Waals surface area contributed by atoms with Gasteiger partial charge in [0.05, 0.1) is 32.0 Å². The third-order valence-electron chi connectivity index (χ3n) is 7.58. The zero-order chi connectivity index (χ0) is 25.7. The highest BCUT2D eigenvalue weighted by atomic mass is 16.5. The van der Waals surface area contributed by atoms with Gasteiger partial charge in [-0.05, 0) is 37.6 Å². The molecule has 1 spiro atoms. The predicted molar refractivity (Wildman–Crippen MR) is 142 cm³/mol. The zero-order valence-corrected chi connectivity index (χ0v) is 21.6. The van der Waals surface area contributed by atoms with Crippen LogP contribution in [0.25, 0.3) is 16.7 Å². The summed E-state index contributed by atoms with van der Waals surface area (Å²) in [5.74, 6) is 2.61. The molecule has 4 aromatic rings. The third-order valence-corrected chi connectivity index (χ3v) is 7.58. The van der Waals surface area contributed by atoms with Crippen LogP contribution in [0.1, 0.15) is 40.9 Å². The summed E-state index contributed by atoms with van der Waals surface area (Å²) in [6, 6.07) is 15.8. The second kappa shape index (κ2) is 8.80. The van der Waals surface area contributed by atoms with E-state index in [2.05, 4.69) is 17.9 Å². The van der Waals surface area contributed by atoms with Crippen molar-refractivity contribution in [3.8, 4) is 22.9 Å². The molecular weight excluding hydrogens is 468 g/mol. The highest BCUT2D eigenvalue weighted by Gasteiger charge is 2.44. The number of Topliss-reactive ketones (excluding diaryl/α,β-unsaturated/α-hetero) is 1. The lowest BCUT2D eigenvalue weighted by Gasteiger charge is -2.44. The van der Waals surface area contributed by atoms with Gasteiger partial charge in [0.15, 0.2) is 11.4 Å². The van der Waals surface area contributed by atoms with Crippen molar-refractivity contribution in [3.63, 3.8) is 0 Å². The van der Waals surface area contributed by atoms with Gasteiger partial charge in [0.25, 0.3) is 0 Å². The summed E-state index contributed by atoms with van der Waals surface area (Å²) >= 11 is 0. The molecule has 0 unspecified atom stereocenters. The Kier molecular flexibility index (Phi) is 5.55. The van der Waals surface area contributed by atoms with E-state index >= 15 is 0 Å². The van der Waals surface area contributed by atoms with Crippen LogP contribution in [-0.2, 0) is 0 Å². The number of piperidine rings is 1. The van der Waals surface area contributed by atoms with E-state index in [1.54, 1.807) is 26.4 Å². The van der Waals surface area contributed by atoms with Crippen LogP contribution in [0, 0.1) is 13.8 Å². The fourth-order valence-electron chi connectivity index (χ4n) is 5.67. The smallest absolute Gasteiger partial charge is 0.174 e. The Labute approximate surface area is 215 Å². The predicted octanol–water partition coefficient (Wildman–Crippen LogP) is 5.06. The molecule has 0 aliphatic carbocycles. The van der Waals surface area contributed by atoms with Crippen molar-refractivity contribution in [2.45, 2.75) is 38.7 Å². The molecule has 0 N–H and O–H groups in total. The number of fused-ring (bicyclic) bond motifs is 2. The van der Waals surface area contributed by atoms with Gasteiger partial charge >= 0.3 is 0 Å². The van der Waals surface area contributed by atoms with Crippen molar-refractivity contribution in [3.05, 3.63) is 65.4 Å². The van der Waals surface area contributed by atoms with Gasteiger partial charge < -0.3 is 19.1 Å². The lowest BCUT2D eigenvalue weighted by atomic mass is 9.82. The molecule has 4 heterocycles. The highest BCUT2D eigenvalue weighted by Crippen LogP contribution is 2.45. The van der Waals surface area contributed by atoms with Gasteiger partial charge in [0, 0.05) is 43.5 Å². The molecule has 0 amide bonds. The van der Waals surface area contributed by atoms with Gasteiger partial charge in [-0.1, -0.05) is 18.2 Å². The molecule has 0 radical (unpaired) electrons. The molecule has 0 bridgehead atoms. The van der Waals surface area contributed by atoms with E-state index in [1.165, 1.54) is 0 Å². The van der Waals surface area contributed by atoms with E-state index in [9.17, 15) is 4.79 Å². The number of nitrogens with zero attached hydrogens (tertiary/aromatic N) is 4. The number of pyridine rings is 1. The molecule has 8 nitrogen and oxygen atoms in total. The molecule has 190 valence electrons. The second-order valence-electron chi connectivity index (χ2n) is 9.90. The van der Waals surface area contributed by atoms with Crippen LogP contribution in [0.2, 0.25) is 0 Å². The Morgan fingerprint density at radius 3 is 2.46 bits per heavy atom. The molecule has 37 heavy (non-hydrogen) atoms. The molecular formula is C29H30N4O4. The first kappa shape index (κ1) is 23.3. The lowest BCUT2D eigenvalue weighted by molar-refractivity contribution is 0.0225. The van der Waals surface area contributed by atoms with Gasteiger partial charge in [-0.3, -0.25) is 4.79 Å². The summed E-state index contributed by atoms with van der Waals surface area (Å²) in [6.07, 6.45) is 1.77. The molecule has 1 saturated heterocycles. The molecule has 2 aliphatic heterocycles. The van der Waals surface area contributed by atoms with Crippen molar-refractivity contribution in [1.29, 1.82) is 0 Å². The Morgan fingerprint density at radius 1 is 1.00 bits per heavy atom. The van der Waals surface area contributed by atoms with Crippen LogP contribution in [0.3, 0.4) is 0 Å². The topological polar surface area (TPSA) is 78.7 Å². The lowest BCUT2D eigenvalue weighted by Crippen LogP contribution is -2.51. The van der Waals surface area contributed by atoms with E-state index in [1.807, 2.05) is 41.9 Å². The zero-order valence-electron chi connectivity index (χ0n) is 21.6. The molecule has 2 aromatic carbocycles. The summed E-state index contributed by atoms with van der Waals surface area (Å²) in [5, 5.41) is 5.88. The first-order valence-corrected chi connectivity index (χ1v) is 12.6. The number of aryl methyl sites for hydroxylation is 2. The third kappa shape index (κ3) is 3.87. The SMILES string of the molecule is COc1cc(OC)c2c(c1)OC1(CCN(c3cc(C)c4c(C)nn(-c5ccccc5)c4n3)CC1)CC2=O. The largest absolute Gasteiger partial charge is 0.496 e. The molecule has 8 heteroatoms. The number of anilines is 1. The number of hydrogen-bond donors (Lipinski definition) is 0. The Hall–Kier alpha value is -4.07. The van der Waals surface area contributed by atoms with E-state index in [-0.39, 0.29) is 5.78 Å². The number of carbonyl (C=O) groups excluding carboxylic acids is 1. The summed E-state index contributed by atoms with van der Waals surface area (Å²) in [5.41, 5.74) is 3.92.